The molecular weight excluding hydrogens is 380 g/mol. The SMILES string of the molecule is Nc1ncc(-c2cc(N3CC4CC3CN4C3COC3)nc(N3CC4CC3C4)n2)cn1. The van der Waals surface area contributed by atoms with Gasteiger partial charge in [-0.25, -0.2) is 15.0 Å². The monoisotopic (exact) mass is 406 g/mol. The maximum atomic E-state index is 5.70. The molecule has 0 spiro atoms. The van der Waals surface area contributed by atoms with Gasteiger partial charge < -0.3 is 20.3 Å². The fourth-order valence-electron chi connectivity index (χ4n) is 5.93. The topological polar surface area (TPSA) is 96.5 Å². The van der Waals surface area contributed by atoms with Gasteiger partial charge in [-0.1, -0.05) is 0 Å². The third-order valence-electron chi connectivity index (χ3n) is 7.70. The van der Waals surface area contributed by atoms with Crippen LogP contribution in [0.3, 0.4) is 0 Å². The van der Waals surface area contributed by atoms with Gasteiger partial charge in [-0.3, -0.25) is 4.90 Å². The van der Waals surface area contributed by atoms with Crippen molar-refractivity contribution in [3.8, 4) is 11.3 Å². The average Bonchev–Trinajstić information content (AvgIpc) is 3.46. The quantitative estimate of drug-likeness (QED) is 0.790. The molecule has 156 valence electrons. The van der Waals surface area contributed by atoms with E-state index in [-0.39, 0.29) is 5.95 Å². The van der Waals surface area contributed by atoms with Crippen molar-refractivity contribution in [1.29, 1.82) is 0 Å². The summed E-state index contributed by atoms with van der Waals surface area (Å²) in [5.74, 6) is 2.99. The number of ether oxygens (including phenoxy) is 1. The van der Waals surface area contributed by atoms with E-state index >= 15 is 0 Å². The van der Waals surface area contributed by atoms with Crippen LogP contribution in [-0.2, 0) is 4.74 Å². The van der Waals surface area contributed by atoms with Gasteiger partial charge in [-0.05, 0) is 25.2 Å². The first-order valence-corrected chi connectivity index (χ1v) is 11.0. The maximum absolute atomic E-state index is 5.70. The maximum Gasteiger partial charge on any atom is 0.228 e. The number of aromatic nitrogens is 4. The van der Waals surface area contributed by atoms with Crippen LogP contribution in [0.4, 0.5) is 17.7 Å². The lowest BCUT2D eigenvalue weighted by Crippen LogP contribution is -2.57. The highest BCUT2D eigenvalue weighted by Gasteiger charge is 2.48. The fraction of sp³-hybridized carbons (Fsp3) is 0.619. The van der Waals surface area contributed by atoms with Crippen molar-refractivity contribution < 1.29 is 4.74 Å². The van der Waals surface area contributed by atoms with E-state index < -0.39 is 0 Å². The van der Waals surface area contributed by atoms with E-state index in [0.29, 0.717) is 24.2 Å². The molecule has 8 rings (SSSR count). The van der Waals surface area contributed by atoms with Crippen molar-refractivity contribution in [3.63, 3.8) is 0 Å². The van der Waals surface area contributed by atoms with Crippen LogP contribution < -0.4 is 15.5 Å². The molecule has 9 nitrogen and oxygen atoms in total. The van der Waals surface area contributed by atoms with E-state index in [1.165, 1.54) is 19.3 Å². The summed E-state index contributed by atoms with van der Waals surface area (Å²) in [6.07, 6.45) is 7.29. The Morgan fingerprint density at radius 2 is 1.70 bits per heavy atom. The average molecular weight is 406 g/mol. The predicted molar refractivity (Wildman–Crippen MR) is 112 cm³/mol. The number of hydrogen-bond acceptors (Lipinski definition) is 9. The molecule has 2 atom stereocenters. The first kappa shape index (κ1) is 17.2. The van der Waals surface area contributed by atoms with Crippen molar-refractivity contribution in [2.45, 2.75) is 43.4 Å². The van der Waals surface area contributed by atoms with Crippen LogP contribution in [0, 0.1) is 5.92 Å². The smallest absolute Gasteiger partial charge is 0.228 e. The molecular formula is C21H26N8O. The van der Waals surface area contributed by atoms with Crippen molar-refractivity contribution in [3.05, 3.63) is 18.5 Å². The summed E-state index contributed by atoms with van der Waals surface area (Å²) in [4.78, 5) is 25.9. The number of nitrogens with two attached hydrogens (primary N) is 1. The number of likely N-dealkylation sites (tertiary alicyclic amines) is 1. The molecule has 2 N–H and O–H groups in total. The molecule has 2 aromatic rings. The molecule has 7 heterocycles. The van der Waals surface area contributed by atoms with Crippen LogP contribution in [0.1, 0.15) is 19.3 Å². The largest absolute Gasteiger partial charge is 0.378 e. The van der Waals surface area contributed by atoms with Gasteiger partial charge in [0.05, 0.1) is 24.9 Å². The van der Waals surface area contributed by atoms with E-state index in [2.05, 4.69) is 30.7 Å². The summed E-state index contributed by atoms with van der Waals surface area (Å²) >= 11 is 0. The van der Waals surface area contributed by atoms with Gasteiger partial charge >= 0.3 is 0 Å². The second kappa shape index (κ2) is 6.24. The van der Waals surface area contributed by atoms with E-state index in [4.69, 9.17) is 20.4 Å². The molecule has 5 aliphatic heterocycles. The Hall–Kier alpha value is -2.52. The second-order valence-electron chi connectivity index (χ2n) is 9.47. The number of rotatable bonds is 4. The summed E-state index contributed by atoms with van der Waals surface area (Å²) in [6.45, 7) is 4.99. The molecule has 0 amide bonds. The van der Waals surface area contributed by atoms with Crippen molar-refractivity contribution >= 4 is 17.7 Å². The molecule has 6 aliphatic rings. The Morgan fingerprint density at radius 1 is 0.867 bits per heavy atom. The van der Waals surface area contributed by atoms with Crippen LogP contribution in [0.2, 0.25) is 0 Å². The lowest BCUT2D eigenvalue weighted by molar-refractivity contribution is -0.0708. The number of fused-ring (bicyclic) bond motifs is 3. The van der Waals surface area contributed by atoms with Gasteiger partial charge in [0, 0.05) is 61.8 Å². The van der Waals surface area contributed by atoms with Gasteiger partial charge in [0.2, 0.25) is 11.9 Å². The van der Waals surface area contributed by atoms with E-state index in [1.807, 2.05) is 0 Å². The number of nitrogens with zero attached hydrogens (tertiary/aromatic N) is 7. The molecule has 5 saturated heterocycles. The van der Waals surface area contributed by atoms with Crippen LogP contribution in [0.15, 0.2) is 18.5 Å². The Morgan fingerprint density at radius 3 is 2.33 bits per heavy atom. The zero-order chi connectivity index (χ0) is 19.8. The summed E-state index contributed by atoms with van der Waals surface area (Å²) in [5, 5.41) is 0. The van der Waals surface area contributed by atoms with E-state index in [0.717, 1.165) is 61.8 Å². The Kier molecular flexibility index (Phi) is 3.58. The molecule has 4 bridgehead atoms. The molecule has 9 heteroatoms. The Bertz CT molecular complexity index is 973. The Labute approximate surface area is 175 Å². The zero-order valence-electron chi connectivity index (χ0n) is 16.9. The minimum Gasteiger partial charge on any atom is -0.378 e. The van der Waals surface area contributed by atoms with Gasteiger partial charge in [-0.15, -0.1) is 0 Å². The molecule has 0 radical (unpaired) electrons. The number of hydrogen-bond donors (Lipinski definition) is 1. The normalized spacial score (nSPS) is 32.5. The van der Waals surface area contributed by atoms with Crippen LogP contribution in [0.25, 0.3) is 11.3 Å². The lowest BCUT2D eigenvalue weighted by Gasteiger charge is -2.42. The molecule has 0 aromatic carbocycles. The van der Waals surface area contributed by atoms with E-state index in [1.54, 1.807) is 12.4 Å². The highest BCUT2D eigenvalue weighted by molar-refractivity contribution is 5.65. The first-order valence-electron chi connectivity index (χ1n) is 11.0. The van der Waals surface area contributed by atoms with Crippen molar-refractivity contribution in [2.75, 3.05) is 48.4 Å². The summed E-state index contributed by atoms with van der Waals surface area (Å²) < 4.78 is 5.42. The molecule has 1 saturated carbocycles. The molecule has 1 aliphatic carbocycles. The third kappa shape index (κ3) is 2.54. The van der Waals surface area contributed by atoms with Crippen LogP contribution >= 0.6 is 0 Å². The fourth-order valence-corrected chi connectivity index (χ4v) is 5.93. The summed E-state index contributed by atoms with van der Waals surface area (Å²) in [7, 11) is 0. The van der Waals surface area contributed by atoms with Crippen LogP contribution in [-0.4, -0.2) is 81.9 Å². The lowest BCUT2D eigenvalue weighted by atomic mass is 9.86. The standard InChI is InChI=1S/C21H26N8O/c22-20-23-5-13(6-24-20)18-4-19(26-21(25-18)29-7-12-1-14(29)2-12)28-9-15-3-16(28)8-27(15)17-10-30-11-17/h4-6,12,14-17H,1-3,7-11H2,(H2,22,23,24). The second-order valence-corrected chi connectivity index (χ2v) is 9.47. The number of nitrogen functional groups attached to an aromatic ring is 1. The molecule has 6 fully saturated rings. The predicted octanol–water partition coefficient (Wildman–Crippen LogP) is 0.776. The van der Waals surface area contributed by atoms with Crippen molar-refractivity contribution in [1.82, 2.24) is 24.8 Å². The highest BCUT2D eigenvalue weighted by atomic mass is 16.5. The minimum atomic E-state index is 0.283. The zero-order valence-corrected chi connectivity index (χ0v) is 16.9. The number of piperazine rings is 1. The van der Waals surface area contributed by atoms with Crippen LogP contribution in [0.5, 0.6) is 0 Å². The van der Waals surface area contributed by atoms with Gasteiger partial charge in [0.15, 0.2) is 0 Å². The minimum absolute atomic E-state index is 0.283. The van der Waals surface area contributed by atoms with Gasteiger partial charge in [0.25, 0.3) is 0 Å². The molecule has 30 heavy (non-hydrogen) atoms. The summed E-state index contributed by atoms with van der Waals surface area (Å²) in [6, 6.07) is 4.44. The van der Waals surface area contributed by atoms with Gasteiger partial charge in [-0.2, -0.15) is 4.98 Å². The molecule has 2 unspecified atom stereocenters. The Balaban J connectivity index is 1.23. The van der Waals surface area contributed by atoms with Gasteiger partial charge in [0.1, 0.15) is 5.82 Å². The number of anilines is 3. The summed E-state index contributed by atoms with van der Waals surface area (Å²) in [5.41, 5.74) is 7.46. The van der Waals surface area contributed by atoms with E-state index in [9.17, 15) is 0 Å². The highest BCUT2D eigenvalue weighted by Crippen LogP contribution is 2.43. The molecule has 2 aromatic heterocycles. The first-order chi connectivity index (χ1) is 14.7. The van der Waals surface area contributed by atoms with Crippen molar-refractivity contribution in [2.24, 2.45) is 5.92 Å². The third-order valence-corrected chi connectivity index (χ3v) is 7.70.